The van der Waals surface area contributed by atoms with Crippen molar-refractivity contribution in [2.75, 3.05) is 45.3 Å². The van der Waals surface area contributed by atoms with Crippen molar-refractivity contribution in [2.24, 2.45) is 0 Å². The van der Waals surface area contributed by atoms with Gasteiger partial charge >= 0.3 is 0 Å². The van der Waals surface area contributed by atoms with Gasteiger partial charge in [0.1, 0.15) is 21.7 Å². The highest BCUT2D eigenvalue weighted by Crippen LogP contribution is 2.40. The van der Waals surface area contributed by atoms with Crippen molar-refractivity contribution in [1.29, 1.82) is 0 Å². The van der Waals surface area contributed by atoms with Crippen molar-refractivity contribution in [3.05, 3.63) is 36.3 Å². The summed E-state index contributed by atoms with van der Waals surface area (Å²) in [6.45, 7) is 7.29. The van der Waals surface area contributed by atoms with Gasteiger partial charge in [0.2, 0.25) is 0 Å². The van der Waals surface area contributed by atoms with E-state index in [-0.39, 0.29) is 24.1 Å². The van der Waals surface area contributed by atoms with Gasteiger partial charge in [-0.3, -0.25) is 9.69 Å². The lowest BCUT2D eigenvalue weighted by Gasteiger charge is -2.24. The topological polar surface area (TPSA) is 68.0 Å². The van der Waals surface area contributed by atoms with Gasteiger partial charge in [0.05, 0.1) is 20.5 Å². The van der Waals surface area contributed by atoms with Gasteiger partial charge < -0.3 is 18.8 Å². The maximum Gasteiger partial charge on any atom is 0.295 e. The van der Waals surface area contributed by atoms with E-state index in [0.29, 0.717) is 28.7 Å². The highest BCUT2D eigenvalue weighted by molar-refractivity contribution is 7.22. The number of carbonyl (C=O) groups is 1. The number of ether oxygens (including phenoxy) is 2. The number of benzene rings is 1. The van der Waals surface area contributed by atoms with Gasteiger partial charge in [-0.1, -0.05) is 25.2 Å². The number of hydrogen-bond acceptors (Lipinski definition) is 7. The van der Waals surface area contributed by atoms with Crippen molar-refractivity contribution >= 4 is 45.0 Å². The standard InChI is InChI=1S/C20H25N3O4S.ClH/c1-5-22(6-2)11-12-23(19(24)16-8-7-13-27-16)20-21-17-14(25-3)9-10-15(26-4)18(17)28-20;/h7-10,13H,5-6,11-12H2,1-4H3;1H. The summed E-state index contributed by atoms with van der Waals surface area (Å²) >= 11 is 1.41. The van der Waals surface area contributed by atoms with E-state index >= 15 is 0 Å². The van der Waals surface area contributed by atoms with Gasteiger partial charge in [-0.15, -0.1) is 12.4 Å². The third kappa shape index (κ3) is 4.83. The Kier molecular flexibility index (Phi) is 8.31. The normalized spacial score (nSPS) is 10.8. The van der Waals surface area contributed by atoms with Gasteiger partial charge in [0.15, 0.2) is 10.9 Å². The first-order chi connectivity index (χ1) is 13.6. The molecule has 0 bridgehead atoms. The third-order valence-corrected chi connectivity index (χ3v) is 5.73. The second-order valence-electron chi connectivity index (χ2n) is 6.11. The summed E-state index contributed by atoms with van der Waals surface area (Å²) in [7, 11) is 3.22. The Morgan fingerprint density at radius 2 is 1.79 bits per heavy atom. The summed E-state index contributed by atoms with van der Waals surface area (Å²) in [5, 5.41) is 0.589. The molecule has 2 heterocycles. The van der Waals surface area contributed by atoms with Crippen LogP contribution in [0.25, 0.3) is 10.2 Å². The van der Waals surface area contributed by atoms with E-state index in [1.54, 1.807) is 31.3 Å². The average Bonchev–Trinajstić information content (AvgIpc) is 3.40. The lowest BCUT2D eigenvalue weighted by atomic mass is 10.3. The Bertz CT molecular complexity index is 884. The Balaban J connectivity index is 0.00000300. The molecule has 0 aliphatic rings. The molecule has 29 heavy (non-hydrogen) atoms. The molecule has 0 aliphatic heterocycles. The molecule has 0 unspecified atom stereocenters. The predicted molar refractivity (Wildman–Crippen MR) is 118 cm³/mol. The lowest BCUT2D eigenvalue weighted by Crippen LogP contribution is -2.38. The van der Waals surface area contributed by atoms with E-state index in [9.17, 15) is 4.79 Å². The molecule has 1 aromatic carbocycles. The summed E-state index contributed by atoms with van der Waals surface area (Å²) in [5.41, 5.74) is 0.682. The minimum absolute atomic E-state index is 0. The van der Waals surface area contributed by atoms with Gasteiger partial charge in [-0.05, 0) is 37.4 Å². The molecule has 1 amide bonds. The summed E-state index contributed by atoms with van der Waals surface area (Å²) in [5.74, 6) is 1.42. The monoisotopic (exact) mass is 439 g/mol. The molecule has 0 radical (unpaired) electrons. The van der Waals surface area contributed by atoms with Crippen molar-refractivity contribution in [3.8, 4) is 11.5 Å². The third-order valence-electron chi connectivity index (χ3n) is 4.64. The highest BCUT2D eigenvalue weighted by atomic mass is 35.5. The summed E-state index contributed by atoms with van der Waals surface area (Å²) in [4.78, 5) is 21.7. The van der Waals surface area contributed by atoms with Crippen LogP contribution >= 0.6 is 23.7 Å². The fourth-order valence-electron chi connectivity index (χ4n) is 2.99. The van der Waals surface area contributed by atoms with Crippen LogP contribution < -0.4 is 14.4 Å². The minimum atomic E-state index is -0.214. The minimum Gasteiger partial charge on any atom is -0.495 e. The molecule has 7 nitrogen and oxygen atoms in total. The number of likely N-dealkylation sites (N-methyl/N-ethyl adjacent to an activating group) is 1. The maximum absolute atomic E-state index is 13.1. The van der Waals surface area contributed by atoms with Crippen LogP contribution in [0, 0.1) is 0 Å². The molecular formula is C20H26ClN3O4S. The van der Waals surface area contributed by atoms with Gasteiger partial charge in [-0.25, -0.2) is 4.98 Å². The van der Waals surface area contributed by atoms with Crippen LogP contribution in [0.3, 0.4) is 0 Å². The van der Waals surface area contributed by atoms with E-state index < -0.39 is 0 Å². The number of anilines is 1. The molecule has 3 aromatic rings. The fraction of sp³-hybridized carbons (Fsp3) is 0.400. The van der Waals surface area contributed by atoms with Crippen molar-refractivity contribution in [3.63, 3.8) is 0 Å². The average molecular weight is 440 g/mol. The smallest absolute Gasteiger partial charge is 0.295 e. The lowest BCUT2D eigenvalue weighted by molar-refractivity contribution is 0.0957. The first-order valence-electron chi connectivity index (χ1n) is 9.22. The van der Waals surface area contributed by atoms with Crippen LogP contribution in [0.2, 0.25) is 0 Å². The number of hydrogen-bond donors (Lipinski definition) is 0. The molecule has 0 spiro atoms. The highest BCUT2D eigenvalue weighted by Gasteiger charge is 2.25. The van der Waals surface area contributed by atoms with E-state index in [4.69, 9.17) is 18.9 Å². The van der Waals surface area contributed by atoms with Gasteiger partial charge in [-0.2, -0.15) is 0 Å². The van der Waals surface area contributed by atoms with E-state index in [2.05, 4.69) is 18.7 Å². The zero-order valence-corrected chi connectivity index (χ0v) is 18.6. The Hall–Kier alpha value is -2.29. The Morgan fingerprint density at radius 3 is 2.38 bits per heavy atom. The number of thiazole rings is 1. The van der Waals surface area contributed by atoms with E-state index in [1.807, 2.05) is 12.1 Å². The summed E-state index contributed by atoms with van der Waals surface area (Å²) in [6, 6.07) is 7.04. The van der Waals surface area contributed by atoms with Gasteiger partial charge in [0, 0.05) is 13.1 Å². The number of rotatable bonds is 9. The zero-order valence-electron chi connectivity index (χ0n) is 17.0. The quantitative estimate of drug-likeness (QED) is 0.494. The van der Waals surface area contributed by atoms with Crippen LogP contribution in [0.15, 0.2) is 34.9 Å². The van der Waals surface area contributed by atoms with E-state index in [0.717, 1.165) is 24.3 Å². The molecular weight excluding hydrogens is 414 g/mol. The Morgan fingerprint density at radius 1 is 1.10 bits per heavy atom. The Labute approximate surface area is 180 Å². The molecule has 0 saturated heterocycles. The van der Waals surface area contributed by atoms with Crippen LogP contribution in [0.5, 0.6) is 11.5 Å². The fourth-order valence-corrected chi connectivity index (χ4v) is 4.09. The van der Waals surface area contributed by atoms with Crippen LogP contribution in [-0.4, -0.2) is 56.2 Å². The number of amides is 1. The SMILES string of the molecule is CCN(CC)CCN(C(=O)c1ccco1)c1nc2c(OC)ccc(OC)c2s1.Cl. The molecule has 158 valence electrons. The second-order valence-corrected chi connectivity index (χ2v) is 7.08. The van der Waals surface area contributed by atoms with Crippen LogP contribution in [-0.2, 0) is 0 Å². The number of methoxy groups -OCH3 is 2. The number of aromatic nitrogens is 1. The zero-order chi connectivity index (χ0) is 20.1. The second kappa shape index (κ2) is 10.5. The molecule has 0 aliphatic carbocycles. The molecule has 3 rings (SSSR count). The van der Waals surface area contributed by atoms with Gasteiger partial charge in [0.25, 0.3) is 5.91 Å². The molecule has 0 N–H and O–H groups in total. The number of furan rings is 1. The number of fused-ring (bicyclic) bond motifs is 1. The first kappa shape index (κ1) is 23.0. The van der Waals surface area contributed by atoms with Crippen LogP contribution in [0.4, 0.5) is 5.13 Å². The van der Waals surface area contributed by atoms with Crippen molar-refractivity contribution in [2.45, 2.75) is 13.8 Å². The molecule has 9 heteroatoms. The maximum atomic E-state index is 13.1. The molecule has 0 saturated carbocycles. The molecule has 2 aromatic heterocycles. The number of halogens is 1. The largest absolute Gasteiger partial charge is 0.495 e. The molecule has 0 fully saturated rings. The summed E-state index contributed by atoms with van der Waals surface area (Å²) in [6.07, 6.45) is 1.50. The van der Waals surface area contributed by atoms with E-state index in [1.165, 1.54) is 17.6 Å². The number of nitrogens with zero attached hydrogens (tertiary/aromatic N) is 3. The van der Waals surface area contributed by atoms with Crippen molar-refractivity contribution in [1.82, 2.24) is 9.88 Å². The summed E-state index contributed by atoms with van der Waals surface area (Å²) < 4.78 is 17.1. The molecule has 0 atom stereocenters. The number of carbonyl (C=O) groups excluding carboxylic acids is 1. The van der Waals surface area contributed by atoms with Crippen molar-refractivity contribution < 1.29 is 18.7 Å². The first-order valence-corrected chi connectivity index (χ1v) is 10.0. The van der Waals surface area contributed by atoms with Crippen LogP contribution in [0.1, 0.15) is 24.4 Å². The predicted octanol–water partition coefficient (Wildman–Crippen LogP) is 4.32.